The Kier molecular flexibility index (Phi) is 4.71. The fourth-order valence-electron chi connectivity index (χ4n) is 2.04. The third kappa shape index (κ3) is 3.92. The van der Waals surface area contributed by atoms with Gasteiger partial charge in [0.2, 0.25) is 5.91 Å². The Hall–Kier alpha value is -2.63. The van der Waals surface area contributed by atoms with Crippen molar-refractivity contribution in [2.24, 2.45) is 5.73 Å². The molecule has 110 valence electrons. The molecule has 5 N–H and O–H groups in total. The molecule has 0 spiro atoms. The summed E-state index contributed by atoms with van der Waals surface area (Å²) < 4.78 is 0. The Morgan fingerprint density at radius 2 is 1.95 bits per heavy atom. The number of anilines is 1. The van der Waals surface area contributed by atoms with Crippen molar-refractivity contribution in [1.29, 1.82) is 0 Å². The van der Waals surface area contributed by atoms with Gasteiger partial charge in [0.05, 0.1) is 5.52 Å². The summed E-state index contributed by atoms with van der Waals surface area (Å²) >= 11 is 0. The monoisotopic (exact) mass is 286 g/mol. The van der Waals surface area contributed by atoms with Gasteiger partial charge >= 0.3 is 0 Å². The third-order valence-electron chi connectivity index (χ3n) is 3.12. The zero-order chi connectivity index (χ0) is 15.2. The molecule has 0 aliphatic heterocycles. The minimum absolute atomic E-state index is 0.272. The lowest BCUT2D eigenvalue weighted by atomic mass is 10.1. The van der Waals surface area contributed by atoms with Crippen molar-refractivity contribution in [2.45, 2.75) is 19.3 Å². The van der Waals surface area contributed by atoms with Crippen molar-refractivity contribution >= 4 is 28.4 Å². The average Bonchev–Trinajstić information content (AvgIpc) is 2.46. The van der Waals surface area contributed by atoms with Crippen LogP contribution in [0.4, 0.5) is 5.69 Å². The van der Waals surface area contributed by atoms with Crippen LogP contribution in [0.25, 0.3) is 10.9 Å². The molecule has 0 bridgehead atoms. The predicted octanol–water partition coefficient (Wildman–Crippen LogP) is 1.20. The maximum atomic E-state index is 12.0. The Balaban J connectivity index is 1.98. The minimum atomic E-state index is -0.328. The molecule has 21 heavy (non-hydrogen) atoms. The Morgan fingerprint density at radius 3 is 2.71 bits per heavy atom. The van der Waals surface area contributed by atoms with Crippen LogP contribution in [0.2, 0.25) is 0 Å². The van der Waals surface area contributed by atoms with Crippen LogP contribution in [0.15, 0.2) is 30.3 Å². The van der Waals surface area contributed by atoms with Crippen LogP contribution >= 0.6 is 0 Å². The average molecular weight is 286 g/mol. The quantitative estimate of drug-likeness (QED) is 0.693. The first-order valence-electron chi connectivity index (χ1n) is 6.79. The number of benzene rings is 1. The Labute approximate surface area is 122 Å². The summed E-state index contributed by atoms with van der Waals surface area (Å²) in [6, 6.07) is 8.97. The number of carbonyl (C=O) groups excluding carboxylic acids is 2. The van der Waals surface area contributed by atoms with Crippen LogP contribution in [0.1, 0.15) is 29.8 Å². The number of rotatable bonds is 6. The molecule has 0 saturated heterocycles. The second-order valence-corrected chi connectivity index (χ2v) is 4.79. The normalized spacial score (nSPS) is 10.5. The number of nitrogens with zero attached hydrogens (tertiary/aromatic N) is 1. The molecular weight excluding hydrogens is 268 g/mol. The molecule has 1 aromatic carbocycles. The summed E-state index contributed by atoms with van der Waals surface area (Å²) in [5, 5.41) is 3.58. The molecule has 2 rings (SSSR count). The van der Waals surface area contributed by atoms with E-state index in [1.807, 2.05) is 24.3 Å². The number of aromatic nitrogens is 1. The van der Waals surface area contributed by atoms with Crippen LogP contribution in [-0.4, -0.2) is 23.3 Å². The van der Waals surface area contributed by atoms with E-state index in [0.717, 1.165) is 5.39 Å². The molecule has 1 aromatic heterocycles. The number of unbranched alkanes of at least 4 members (excludes halogenated alkanes) is 1. The summed E-state index contributed by atoms with van der Waals surface area (Å²) in [6.45, 7) is 0.473. The van der Waals surface area contributed by atoms with Gasteiger partial charge in [-0.05, 0) is 25.0 Å². The van der Waals surface area contributed by atoms with Gasteiger partial charge in [0.1, 0.15) is 5.69 Å². The molecule has 2 amide bonds. The van der Waals surface area contributed by atoms with Gasteiger partial charge in [-0.15, -0.1) is 0 Å². The van der Waals surface area contributed by atoms with Gasteiger partial charge in [-0.1, -0.05) is 18.2 Å². The molecular formula is C15H18N4O2. The van der Waals surface area contributed by atoms with Crippen molar-refractivity contribution < 1.29 is 9.59 Å². The Bertz CT molecular complexity index is 670. The van der Waals surface area contributed by atoms with E-state index < -0.39 is 0 Å². The van der Waals surface area contributed by atoms with Crippen LogP contribution in [-0.2, 0) is 4.79 Å². The summed E-state index contributed by atoms with van der Waals surface area (Å²) in [6.07, 6.45) is 1.68. The molecule has 0 aliphatic rings. The first-order chi connectivity index (χ1) is 10.1. The molecule has 6 heteroatoms. The standard InChI is InChI=1S/C15H18N4O2/c16-11-9-13(19-12-6-2-1-5-10(11)12)15(21)18-8-4-3-7-14(17)20/h1-2,5-6,9H,3-4,7-8H2,(H2,16,19)(H2,17,20)(H,18,21). The molecule has 6 nitrogen and oxygen atoms in total. The molecule has 2 aromatic rings. The number of nitrogens with two attached hydrogens (primary N) is 2. The molecule has 0 atom stereocenters. The maximum Gasteiger partial charge on any atom is 0.269 e. The van der Waals surface area contributed by atoms with E-state index in [2.05, 4.69) is 10.3 Å². The minimum Gasteiger partial charge on any atom is -0.398 e. The number of amides is 2. The number of para-hydroxylation sites is 1. The molecule has 0 saturated carbocycles. The fourth-order valence-corrected chi connectivity index (χ4v) is 2.04. The number of fused-ring (bicyclic) bond motifs is 1. The van der Waals surface area contributed by atoms with Gasteiger partial charge < -0.3 is 16.8 Å². The molecule has 0 fully saturated rings. The largest absolute Gasteiger partial charge is 0.398 e. The summed E-state index contributed by atoms with van der Waals surface area (Å²) in [7, 11) is 0. The predicted molar refractivity (Wildman–Crippen MR) is 81.5 cm³/mol. The number of carbonyl (C=O) groups is 2. The zero-order valence-electron chi connectivity index (χ0n) is 11.6. The van der Waals surface area contributed by atoms with E-state index in [4.69, 9.17) is 11.5 Å². The highest BCUT2D eigenvalue weighted by Gasteiger charge is 2.10. The Morgan fingerprint density at radius 1 is 1.19 bits per heavy atom. The highest BCUT2D eigenvalue weighted by Crippen LogP contribution is 2.19. The van der Waals surface area contributed by atoms with Crippen molar-refractivity contribution in [3.05, 3.63) is 36.0 Å². The molecule has 0 aliphatic carbocycles. The van der Waals surface area contributed by atoms with Gasteiger partial charge in [-0.2, -0.15) is 0 Å². The van der Waals surface area contributed by atoms with E-state index in [1.165, 1.54) is 0 Å². The number of nitrogen functional groups attached to an aromatic ring is 1. The molecule has 0 unspecified atom stereocenters. The lowest BCUT2D eigenvalue weighted by molar-refractivity contribution is -0.118. The van der Waals surface area contributed by atoms with Crippen LogP contribution in [0.5, 0.6) is 0 Å². The molecule has 0 radical (unpaired) electrons. The first kappa shape index (κ1) is 14.8. The molecule has 1 heterocycles. The van der Waals surface area contributed by atoms with E-state index >= 15 is 0 Å². The van der Waals surface area contributed by atoms with Crippen molar-refractivity contribution in [1.82, 2.24) is 10.3 Å². The lowest BCUT2D eigenvalue weighted by Gasteiger charge is -2.07. The van der Waals surface area contributed by atoms with Crippen LogP contribution in [0.3, 0.4) is 0 Å². The van der Waals surface area contributed by atoms with E-state index in [9.17, 15) is 9.59 Å². The van der Waals surface area contributed by atoms with Gasteiger partial charge in [-0.25, -0.2) is 4.98 Å². The first-order valence-corrected chi connectivity index (χ1v) is 6.79. The summed E-state index contributed by atoms with van der Waals surface area (Å²) in [5.41, 5.74) is 12.5. The number of hydrogen-bond acceptors (Lipinski definition) is 4. The van der Waals surface area contributed by atoms with Gasteiger partial charge in [0.25, 0.3) is 5.91 Å². The number of nitrogens with one attached hydrogen (secondary N) is 1. The summed E-state index contributed by atoms with van der Waals surface area (Å²) in [4.78, 5) is 26.9. The van der Waals surface area contributed by atoms with Crippen molar-refractivity contribution in [3.63, 3.8) is 0 Å². The van der Waals surface area contributed by atoms with Gasteiger partial charge in [-0.3, -0.25) is 9.59 Å². The summed E-state index contributed by atoms with van der Waals surface area (Å²) in [5.74, 6) is -0.600. The number of primary amides is 1. The van der Waals surface area contributed by atoms with Crippen LogP contribution < -0.4 is 16.8 Å². The van der Waals surface area contributed by atoms with E-state index in [1.54, 1.807) is 6.07 Å². The highest BCUT2D eigenvalue weighted by molar-refractivity contribution is 5.99. The maximum absolute atomic E-state index is 12.0. The SMILES string of the molecule is NC(=O)CCCCNC(=O)c1cc(N)c2ccccc2n1. The third-order valence-corrected chi connectivity index (χ3v) is 3.12. The highest BCUT2D eigenvalue weighted by atomic mass is 16.2. The number of pyridine rings is 1. The second kappa shape index (κ2) is 6.69. The van der Waals surface area contributed by atoms with E-state index in [-0.39, 0.29) is 11.8 Å². The van der Waals surface area contributed by atoms with Crippen LogP contribution in [0, 0.1) is 0 Å². The second-order valence-electron chi connectivity index (χ2n) is 4.79. The smallest absolute Gasteiger partial charge is 0.269 e. The fraction of sp³-hybridized carbons (Fsp3) is 0.267. The number of hydrogen-bond donors (Lipinski definition) is 3. The topological polar surface area (TPSA) is 111 Å². The van der Waals surface area contributed by atoms with Gasteiger partial charge in [0, 0.05) is 24.0 Å². The van der Waals surface area contributed by atoms with Gasteiger partial charge in [0.15, 0.2) is 0 Å². The van der Waals surface area contributed by atoms with E-state index in [0.29, 0.717) is 42.7 Å². The lowest BCUT2D eigenvalue weighted by Crippen LogP contribution is -2.25. The van der Waals surface area contributed by atoms with Crippen molar-refractivity contribution in [2.75, 3.05) is 12.3 Å². The zero-order valence-corrected chi connectivity index (χ0v) is 11.6. The van der Waals surface area contributed by atoms with Crippen molar-refractivity contribution in [3.8, 4) is 0 Å².